The Balaban J connectivity index is 1.59. The summed E-state index contributed by atoms with van der Waals surface area (Å²) in [5.74, 6) is 0.0228. The van der Waals surface area contributed by atoms with Gasteiger partial charge in [-0.2, -0.15) is 0 Å². The Labute approximate surface area is 130 Å². The third-order valence-corrected chi connectivity index (χ3v) is 5.86. The number of carbonyl (C=O) groups is 1. The van der Waals surface area contributed by atoms with Crippen molar-refractivity contribution >= 4 is 25.1 Å². The zero-order valence-electron chi connectivity index (χ0n) is 11.9. The van der Waals surface area contributed by atoms with Crippen LogP contribution in [0.15, 0.2) is 36.5 Å². The first kappa shape index (κ1) is 14.4. The van der Waals surface area contributed by atoms with Crippen LogP contribution >= 0.6 is 0 Å². The summed E-state index contributed by atoms with van der Waals surface area (Å²) in [5, 5.41) is 2.98. The van der Waals surface area contributed by atoms with Crippen LogP contribution in [0.5, 0.6) is 0 Å². The molecule has 0 saturated carbocycles. The molecule has 0 unspecified atom stereocenters. The molecule has 2 aromatic rings. The average Bonchev–Trinajstić information content (AvgIpc) is 3.04. The van der Waals surface area contributed by atoms with Gasteiger partial charge in [0, 0.05) is 0 Å². The summed E-state index contributed by atoms with van der Waals surface area (Å²) in [5.41, 5.74) is 1.12. The number of amides is 1. The second-order valence-electron chi connectivity index (χ2n) is 5.22. The molecule has 4 nitrogen and oxygen atoms in total. The maximum atomic E-state index is 12.2. The second-order valence-corrected chi connectivity index (χ2v) is 7.34. The molecule has 1 saturated heterocycles. The van der Waals surface area contributed by atoms with Crippen LogP contribution in [0.3, 0.4) is 0 Å². The van der Waals surface area contributed by atoms with Crippen LogP contribution < -0.4 is 10.2 Å². The number of aromatic nitrogens is 1. The van der Waals surface area contributed by atoms with Gasteiger partial charge in [-0.05, 0) is 0 Å². The van der Waals surface area contributed by atoms with Crippen LogP contribution in [0, 0.1) is 0 Å². The number of anilines is 1. The van der Waals surface area contributed by atoms with Gasteiger partial charge in [0.15, 0.2) is 0 Å². The molecule has 1 aliphatic heterocycles. The van der Waals surface area contributed by atoms with Gasteiger partial charge < -0.3 is 0 Å². The van der Waals surface area contributed by atoms with Crippen LogP contribution in [0.1, 0.15) is 34.1 Å². The van der Waals surface area contributed by atoms with E-state index in [9.17, 15) is 4.79 Å². The SMILES string of the molecule is O=C(NCc1ccccc1)c1cnc(N2CCCCC2)[se]1. The fourth-order valence-corrected chi connectivity index (χ4v) is 4.32. The van der Waals surface area contributed by atoms with Crippen molar-refractivity contribution < 1.29 is 4.79 Å². The first-order chi connectivity index (χ1) is 10.3. The van der Waals surface area contributed by atoms with Crippen molar-refractivity contribution in [2.45, 2.75) is 25.8 Å². The quantitative estimate of drug-likeness (QED) is 0.861. The minimum absolute atomic E-state index is 0.0228. The summed E-state index contributed by atoms with van der Waals surface area (Å²) in [6.45, 7) is 2.76. The molecule has 110 valence electrons. The van der Waals surface area contributed by atoms with E-state index in [1.54, 1.807) is 6.20 Å². The zero-order valence-corrected chi connectivity index (χ0v) is 13.6. The summed E-state index contributed by atoms with van der Waals surface area (Å²) in [6, 6.07) is 9.98. The fraction of sp³-hybridized carbons (Fsp3) is 0.375. The van der Waals surface area contributed by atoms with Gasteiger partial charge >= 0.3 is 131 Å². The Bertz CT molecular complexity index is 591. The topological polar surface area (TPSA) is 45.2 Å². The molecule has 0 atom stereocenters. The molecule has 1 aromatic heterocycles. The summed E-state index contributed by atoms with van der Waals surface area (Å²) in [4.78, 5) is 19.0. The van der Waals surface area contributed by atoms with Crippen molar-refractivity contribution in [2.75, 3.05) is 18.0 Å². The number of nitrogens with one attached hydrogen (secondary N) is 1. The van der Waals surface area contributed by atoms with E-state index >= 15 is 0 Å². The van der Waals surface area contributed by atoms with Gasteiger partial charge in [0.05, 0.1) is 0 Å². The van der Waals surface area contributed by atoms with E-state index in [-0.39, 0.29) is 20.4 Å². The van der Waals surface area contributed by atoms with E-state index in [0.29, 0.717) is 6.54 Å². The maximum absolute atomic E-state index is 12.2. The van der Waals surface area contributed by atoms with Crippen molar-refractivity contribution in [2.24, 2.45) is 0 Å². The van der Waals surface area contributed by atoms with E-state index in [1.807, 2.05) is 30.3 Å². The van der Waals surface area contributed by atoms with Gasteiger partial charge in [-0.25, -0.2) is 0 Å². The molecule has 0 spiro atoms. The Kier molecular flexibility index (Phi) is 4.73. The van der Waals surface area contributed by atoms with Gasteiger partial charge in [0.25, 0.3) is 0 Å². The van der Waals surface area contributed by atoms with Gasteiger partial charge in [0.2, 0.25) is 0 Å². The van der Waals surface area contributed by atoms with E-state index in [1.165, 1.54) is 19.3 Å². The second kappa shape index (κ2) is 6.92. The van der Waals surface area contributed by atoms with Crippen LogP contribution in [0.25, 0.3) is 0 Å². The molecule has 21 heavy (non-hydrogen) atoms. The molecular formula is C16H19N3OSe. The van der Waals surface area contributed by atoms with Crippen molar-refractivity contribution in [1.82, 2.24) is 10.3 Å². The molecule has 1 amide bonds. The summed E-state index contributed by atoms with van der Waals surface area (Å²) in [6.07, 6.45) is 5.55. The van der Waals surface area contributed by atoms with E-state index < -0.39 is 0 Å². The van der Waals surface area contributed by atoms with Crippen LogP contribution in [0.2, 0.25) is 0 Å². The molecule has 1 N–H and O–H groups in total. The number of piperidine rings is 1. The van der Waals surface area contributed by atoms with E-state index in [2.05, 4.69) is 15.2 Å². The first-order valence-corrected chi connectivity index (χ1v) is 9.07. The third-order valence-electron chi connectivity index (χ3n) is 3.64. The number of rotatable bonds is 4. The van der Waals surface area contributed by atoms with E-state index in [0.717, 1.165) is 27.8 Å². The monoisotopic (exact) mass is 349 g/mol. The number of hydrogen-bond donors (Lipinski definition) is 1. The van der Waals surface area contributed by atoms with Gasteiger partial charge in [-0.15, -0.1) is 0 Å². The van der Waals surface area contributed by atoms with Crippen molar-refractivity contribution in [3.63, 3.8) is 0 Å². The van der Waals surface area contributed by atoms with Gasteiger partial charge in [-0.1, -0.05) is 0 Å². The molecule has 0 aliphatic carbocycles. The number of carbonyl (C=O) groups excluding carboxylic acids is 1. The molecule has 3 rings (SSSR count). The van der Waals surface area contributed by atoms with Gasteiger partial charge in [-0.3, -0.25) is 0 Å². The Morgan fingerprint density at radius 2 is 1.95 bits per heavy atom. The predicted molar refractivity (Wildman–Crippen MR) is 84.9 cm³/mol. The minimum atomic E-state index is 0.0228. The van der Waals surface area contributed by atoms with Crippen molar-refractivity contribution in [1.29, 1.82) is 0 Å². The normalized spacial score (nSPS) is 15.0. The molecule has 1 fully saturated rings. The predicted octanol–water partition coefficient (Wildman–Crippen LogP) is 2.06. The standard InChI is InChI=1S/C16H19N3OSe/c20-15(17-11-13-7-3-1-4-8-13)14-12-18-16(21-14)19-9-5-2-6-10-19/h1,3-4,7-8,12H,2,5-6,9-11H2,(H,17,20). The van der Waals surface area contributed by atoms with Crippen LogP contribution in [-0.4, -0.2) is 38.5 Å². The number of hydrogen-bond acceptors (Lipinski definition) is 3. The molecule has 0 bridgehead atoms. The van der Waals surface area contributed by atoms with Crippen LogP contribution in [0.4, 0.5) is 4.69 Å². The molecule has 1 aliphatic rings. The Morgan fingerprint density at radius 3 is 2.71 bits per heavy atom. The molecule has 2 heterocycles. The van der Waals surface area contributed by atoms with Gasteiger partial charge in [0.1, 0.15) is 0 Å². The number of nitrogens with zero attached hydrogens (tertiary/aromatic N) is 2. The van der Waals surface area contributed by atoms with Crippen molar-refractivity contribution in [3.05, 3.63) is 46.5 Å². The molecule has 0 radical (unpaired) electrons. The summed E-state index contributed by atoms with van der Waals surface area (Å²) >= 11 is 0.0537. The number of benzene rings is 1. The fourth-order valence-electron chi connectivity index (χ4n) is 2.47. The Hall–Kier alpha value is -1.58. The van der Waals surface area contributed by atoms with Crippen LogP contribution in [-0.2, 0) is 6.54 Å². The van der Waals surface area contributed by atoms with E-state index in [4.69, 9.17) is 0 Å². The third kappa shape index (κ3) is 3.74. The Morgan fingerprint density at radius 1 is 1.19 bits per heavy atom. The molecule has 1 aromatic carbocycles. The average molecular weight is 348 g/mol. The van der Waals surface area contributed by atoms with Crippen molar-refractivity contribution in [3.8, 4) is 0 Å². The molecular weight excluding hydrogens is 329 g/mol. The first-order valence-electron chi connectivity index (χ1n) is 7.36. The zero-order chi connectivity index (χ0) is 14.5. The molecule has 5 heteroatoms. The summed E-state index contributed by atoms with van der Waals surface area (Å²) < 4.78 is 1.95. The summed E-state index contributed by atoms with van der Waals surface area (Å²) in [7, 11) is 0.